The third-order valence-electron chi connectivity index (χ3n) is 5.75. The molecule has 8 nitrogen and oxygen atoms in total. The van der Waals surface area contributed by atoms with Gasteiger partial charge in [-0.25, -0.2) is 21.2 Å². The largest absolute Gasteiger partial charge is 0.325 e. The number of hydrogen-bond acceptors (Lipinski definition) is 5. The van der Waals surface area contributed by atoms with E-state index in [0.717, 1.165) is 34.1 Å². The van der Waals surface area contributed by atoms with Crippen molar-refractivity contribution < 1.29 is 26.0 Å². The zero-order valence-corrected chi connectivity index (χ0v) is 21.6. The molecule has 0 unspecified atom stereocenters. The van der Waals surface area contributed by atoms with Gasteiger partial charge in [-0.3, -0.25) is 9.10 Å². The summed E-state index contributed by atoms with van der Waals surface area (Å²) in [4.78, 5) is 12.7. The molecule has 3 aromatic rings. The van der Waals surface area contributed by atoms with Crippen LogP contribution in [-0.2, 0) is 31.3 Å². The minimum Gasteiger partial charge on any atom is -0.325 e. The number of anilines is 2. The lowest BCUT2D eigenvalue weighted by molar-refractivity contribution is -0.116. The van der Waals surface area contributed by atoms with E-state index in [-0.39, 0.29) is 22.9 Å². The molecule has 0 saturated carbocycles. The zero-order chi connectivity index (χ0) is 26.1. The summed E-state index contributed by atoms with van der Waals surface area (Å²) in [6.45, 7) is 1.38. The lowest BCUT2D eigenvalue weighted by Gasteiger charge is -2.21. The molecule has 0 aromatic heterocycles. The second-order valence-corrected chi connectivity index (χ2v) is 12.3. The minimum absolute atomic E-state index is 0.0183. The van der Waals surface area contributed by atoms with Gasteiger partial charge < -0.3 is 5.32 Å². The van der Waals surface area contributed by atoms with Crippen molar-refractivity contribution in [2.75, 3.05) is 29.3 Å². The monoisotopic (exact) mass is 551 g/mol. The number of hydrogen-bond donors (Lipinski definition) is 1. The lowest BCUT2D eigenvalue weighted by Crippen LogP contribution is -2.37. The maximum Gasteiger partial charge on any atom is 0.264 e. The van der Waals surface area contributed by atoms with Crippen LogP contribution in [0.3, 0.4) is 0 Å². The zero-order valence-electron chi connectivity index (χ0n) is 19.2. The second-order valence-electron chi connectivity index (χ2n) is 8.06. The van der Waals surface area contributed by atoms with E-state index >= 15 is 0 Å². The number of benzene rings is 3. The van der Waals surface area contributed by atoms with Crippen LogP contribution >= 0.6 is 11.6 Å². The highest BCUT2D eigenvalue weighted by Crippen LogP contribution is 2.35. The van der Waals surface area contributed by atoms with Gasteiger partial charge in [0.25, 0.3) is 10.0 Å². The first kappa shape index (κ1) is 26.1. The number of carbonyl (C=O) groups is 1. The van der Waals surface area contributed by atoms with E-state index in [4.69, 9.17) is 11.6 Å². The van der Waals surface area contributed by atoms with E-state index in [9.17, 15) is 26.0 Å². The molecule has 1 aliphatic heterocycles. The number of sulfonamides is 2. The van der Waals surface area contributed by atoms with E-state index in [1.165, 1.54) is 28.6 Å². The Kier molecular flexibility index (Phi) is 7.37. The van der Waals surface area contributed by atoms with Crippen LogP contribution in [0.25, 0.3) is 0 Å². The van der Waals surface area contributed by atoms with Crippen LogP contribution in [0, 0.1) is 5.82 Å². The third kappa shape index (κ3) is 5.24. The molecule has 0 radical (unpaired) electrons. The van der Waals surface area contributed by atoms with Crippen LogP contribution in [0.5, 0.6) is 0 Å². The molecule has 0 bridgehead atoms. The number of rotatable bonds is 8. The normalized spacial score (nSPS) is 13.6. The summed E-state index contributed by atoms with van der Waals surface area (Å²) in [6, 6.07) is 15.1. The maximum atomic E-state index is 13.2. The standard InChI is InChI=1S/C24H23ClFN3O5S2/c1-2-28(35(31,32)21-11-6-19(26)7-12-21)16-24(30)27-20-8-3-17-13-14-29(23(17)15-20)36(33,34)22-9-4-18(25)5-10-22/h3-12,15H,2,13-14,16H2,1H3,(H,27,30). The Labute approximate surface area is 214 Å². The molecule has 0 aliphatic carbocycles. The molecule has 3 aromatic carbocycles. The number of carbonyl (C=O) groups excluding carboxylic acids is 1. The Balaban J connectivity index is 1.52. The minimum atomic E-state index is -4.02. The first-order valence-electron chi connectivity index (χ1n) is 11.0. The van der Waals surface area contributed by atoms with Crippen LogP contribution in [0.1, 0.15) is 12.5 Å². The average molecular weight is 552 g/mol. The summed E-state index contributed by atoms with van der Waals surface area (Å²) in [5, 5.41) is 3.06. The SMILES string of the molecule is CCN(CC(=O)Nc1ccc2c(c1)N(S(=O)(=O)c1ccc(Cl)cc1)CC2)S(=O)(=O)c1ccc(F)cc1. The van der Waals surface area contributed by atoms with Gasteiger partial charge in [0.1, 0.15) is 5.82 Å². The Morgan fingerprint density at radius 2 is 1.64 bits per heavy atom. The molecule has 0 fully saturated rings. The highest BCUT2D eigenvalue weighted by molar-refractivity contribution is 7.92. The van der Waals surface area contributed by atoms with Crippen LogP contribution in [0.2, 0.25) is 5.02 Å². The van der Waals surface area contributed by atoms with Crippen molar-refractivity contribution in [2.24, 2.45) is 0 Å². The number of nitrogens with zero attached hydrogens (tertiary/aromatic N) is 2. The van der Waals surface area contributed by atoms with Crippen LogP contribution in [0.4, 0.5) is 15.8 Å². The highest BCUT2D eigenvalue weighted by atomic mass is 35.5. The first-order valence-corrected chi connectivity index (χ1v) is 14.2. The van der Waals surface area contributed by atoms with E-state index in [1.54, 1.807) is 25.1 Å². The Hall–Kier alpha value is -2.99. The van der Waals surface area contributed by atoms with E-state index in [2.05, 4.69) is 5.32 Å². The van der Waals surface area contributed by atoms with Gasteiger partial charge in [-0.2, -0.15) is 4.31 Å². The molecule has 1 aliphatic rings. The van der Waals surface area contributed by atoms with Gasteiger partial charge in [-0.1, -0.05) is 24.6 Å². The molecule has 0 saturated heterocycles. The summed E-state index contributed by atoms with van der Waals surface area (Å²) < 4.78 is 67.6. The number of fused-ring (bicyclic) bond motifs is 1. The lowest BCUT2D eigenvalue weighted by atomic mass is 10.1. The third-order valence-corrected chi connectivity index (χ3v) is 9.76. The summed E-state index contributed by atoms with van der Waals surface area (Å²) in [5.74, 6) is -1.17. The molecule has 0 spiro atoms. The van der Waals surface area contributed by atoms with Crippen molar-refractivity contribution in [1.29, 1.82) is 0 Å². The number of likely N-dealkylation sites (N-methyl/N-ethyl adjacent to an activating group) is 1. The molecule has 4 rings (SSSR count). The van der Waals surface area contributed by atoms with Gasteiger partial charge in [-0.05, 0) is 72.6 Å². The van der Waals surface area contributed by atoms with Gasteiger partial charge in [0.05, 0.1) is 22.0 Å². The Morgan fingerprint density at radius 1 is 1.00 bits per heavy atom. The van der Waals surface area contributed by atoms with Crippen molar-refractivity contribution in [3.8, 4) is 0 Å². The summed E-state index contributed by atoms with van der Waals surface area (Å²) in [6.07, 6.45) is 0.510. The molecular formula is C24H23ClFN3O5S2. The van der Waals surface area contributed by atoms with Gasteiger partial charge in [0, 0.05) is 23.8 Å². The van der Waals surface area contributed by atoms with Crippen molar-refractivity contribution in [2.45, 2.75) is 23.1 Å². The fourth-order valence-electron chi connectivity index (χ4n) is 3.89. The predicted octanol–water partition coefficient (Wildman–Crippen LogP) is 3.88. The van der Waals surface area contributed by atoms with E-state index < -0.39 is 38.3 Å². The highest BCUT2D eigenvalue weighted by Gasteiger charge is 2.31. The van der Waals surface area contributed by atoms with Crippen molar-refractivity contribution in [1.82, 2.24) is 4.31 Å². The molecule has 0 atom stereocenters. The number of nitrogens with one attached hydrogen (secondary N) is 1. The fourth-order valence-corrected chi connectivity index (χ4v) is 6.92. The van der Waals surface area contributed by atoms with Gasteiger partial charge in [-0.15, -0.1) is 0 Å². The van der Waals surface area contributed by atoms with Crippen LogP contribution < -0.4 is 9.62 Å². The number of amides is 1. The first-order chi connectivity index (χ1) is 17.0. The predicted molar refractivity (Wildman–Crippen MR) is 136 cm³/mol. The molecular weight excluding hydrogens is 529 g/mol. The summed E-state index contributed by atoms with van der Waals surface area (Å²) in [5.41, 5.74) is 1.57. The van der Waals surface area contributed by atoms with Crippen LogP contribution in [-0.4, -0.2) is 46.7 Å². The Bertz CT molecular complexity index is 1500. The molecule has 12 heteroatoms. The van der Waals surface area contributed by atoms with Crippen molar-refractivity contribution in [3.05, 3.63) is 83.1 Å². The molecule has 1 amide bonds. The van der Waals surface area contributed by atoms with Crippen molar-refractivity contribution in [3.63, 3.8) is 0 Å². The quantitative estimate of drug-likeness (QED) is 0.457. The van der Waals surface area contributed by atoms with E-state index in [1.807, 2.05) is 0 Å². The molecule has 190 valence electrons. The van der Waals surface area contributed by atoms with Crippen LogP contribution in [0.15, 0.2) is 76.5 Å². The molecule has 1 N–H and O–H groups in total. The fraction of sp³-hybridized carbons (Fsp3) is 0.208. The van der Waals surface area contributed by atoms with E-state index in [0.29, 0.717) is 22.8 Å². The summed E-state index contributed by atoms with van der Waals surface area (Å²) in [7, 11) is -7.86. The average Bonchev–Trinajstić information content (AvgIpc) is 3.27. The van der Waals surface area contributed by atoms with Gasteiger partial charge in [0.15, 0.2) is 0 Å². The van der Waals surface area contributed by atoms with Gasteiger partial charge in [0.2, 0.25) is 15.9 Å². The molecule has 36 heavy (non-hydrogen) atoms. The second kappa shape index (κ2) is 10.2. The molecule has 1 heterocycles. The number of halogens is 2. The smallest absolute Gasteiger partial charge is 0.264 e. The van der Waals surface area contributed by atoms with Crippen molar-refractivity contribution >= 4 is 48.9 Å². The Morgan fingerprint density at radius 3 is 2.28 bits per heavy atom. The maximum absolute atomic E-state index is 13.2. The summed E-state index contributed by atoms with van der Waals surface area (Å²) >= 11 is 5.88. The topological polar surface area (TPSA) is 104 Å². The van der Waals surface area contributed by atoms with Gasteiger partial charge >= 0.3 is 0 Å².